The lowest BCUT2D eigenvalue weighted by Crippen LogP contribution is -2.50. The number of aliphatic hydroxyl groups excluding tert-OH is 3. The van der Waals surface area contributed by atoms with Crippen molar-refractivity contribution in [3.8, 4) is 0 Å². The first-order chi connectivity index (χ1) is 11.2. The van der Waals surface area contributed by atoms with Gasteiger partial charge in [0.15, 0.2) is 11.9 Å². The van der Waals surface area contributed by atoms with Gasteiger partial charge in [-0.2, -0.15) is 0 Å². The van der Waals surface area contributed by atoms with Crippen LogP contribution in [0.3, 0.4) is 0 Å². The van der Waals surface area contributed by atoms with Gasteiger partial charge in [0, 0.05) is 0 Å². The molecule has 0 aliphatic heterocycles. The second-order valence-corrected chi connectivity index (χ2v) is 5.15. The average Bonchev–Trinajstić information content (AvgIpc) is 2.56. The molecule has 1 aromatic rings. The summed E-state index contributed by atoms with van der Waals surface area (Å²) < 4.78 is 0. The van der Waals surface area contributed by atoms with Gasteiger partial charge in [0.1, 0.15) is 18.2 Å². The Balaban J connectivity index is 2.61. The summed E-state index contributed by atoms with van der Waals surface area (Å²) in [6.07, 6.45) is -6.62. The van der Waals surface area contributed by atoms with Crippen molar-refractivity contribution in [2.24, 2.45) is 0 Å². The molecule has 0 unspecified atom stereocenters. The van der Waals surface area contributed by atoms with Gasteiger partial charge in [-0.05, 0) is 12.0 Å². The van der Waals surface area contributed by atoms with Gasteiger partial charge in [-0.3, -0.25) is 14.9 Å². The maximum absolute atomic E-state index is 11.7. The molecule has 0 bridgehead atoms. The minimum absolute atomic E-state index is 0.0832. The fourth-order valence-electron chi connectivity index (χ4n) is 1.93. The molecule has 0 saturated carbocycles. The van der Waals surface area contributed by atoms with Crippen LogP contribution < -0.4 is 5.32 Å². The summed E-state index contributed by atoms with van der Waals surface area (Å²) in [6.45, 7) is -0.617. The molecule has 6 N–H and O–H groups in total. The van der Waals surface area contributed by atoms with E-state index in [1.54, 1.807) is 30.3 Å². The van der Waals surface area contributed by atoms with Crippen LogP contribution in [0.15, 0.2) is 30.3 Å². The number of aliphatic carboxylic acids is 2. The topological polar surface area (TPSA) is 164 Å². The third-order valence-electron chi connectivity index (χ3n) is 3.33. The highest BCUT2D eigenvalue weighted by Gasteiger charge is 2.34. The lowest BCUT2D eigenvalue weighted by atomic mass is 10.0. The maximum atomic E-state index is 11.7. The molecule has 0 radical (unpaired) electrons. The number of aliphatic hydroxyl groups is 3. The van der Waals surface area contributed by atoms with Gasteiger partial charge in [-0.15, -0.1) is 0 Å². The van der Waals surface area contributed by atoms with Crippen molar-refractivity contribution in [1.29, 1.82) is 0 Å². The van der Waals surface area contributed by atoms with Crippen LogP contribution in [0.1, 0.15) is 5.56 Å². The SMILES string of the molecule is O=C(O)[C@@H](O)[C@@H](O)[C@H](O)C(=O)CN[C@H](Cc1ccccc1)C(=O)O. The molecule has 0 spiro atoms. The molecule has 24 heavy (non-hydrogen) atoms. The third-order valence-corrected chi connectivity index (χ3v) is 3.33. The van der Waals surface area contributed by atoms with Crippen LogP contribution in [0.5, 0.6) is 0 Å². The molecule has 4 atom stereocenters. The van der Waals surface area contributed by atoms with Gasteiger partial charge in [0.25, 0.3) is 0 Å². The second kappa shape index (κ2) is 9.08. The molecule has 132 valence electrons. The smallest absolute Gasteiger partial charge is 0.335 e. The Hall–Kier alpha value is -2.33. The molecule has 1 aromatic carbocycles. The molecule has 0 aromatic heterocycles. The van der Waals surface area contributed by atoms with Crippen molar-refractivity contribution in [1.82, 2.24) is 5.32 Å². The number of carbonyl (C=O) groups excluding carboxylic acids is 1. The Morgan fingerprint density at radius 3 is 2.00 bits per heavy atom. The first-order valence-corrected chi connectivity index (χ1v) is 7.04. The zero-order chi connectivity index (χ0) is 18.3. The molecular weight excluding hydrogens is 322 g/mol. The molecular formula is C15H19NO8. The van der Waals surface area contributed by atoms with E-state index >= 15 is 0 Å². The third kappa shape index (κ3) is 5.70. The van der Waals surface area contributed by atoms with Crippen molar-refractivity contribution >= 4 is 17.7 Å². The quantitative estimate of drug-likeness (QED) is 0.282. The summed E-state index contributed by atoms with van der Waals surface area (Å²) in [5.41, 5.74) is 0.715. The second-order valence-electron chi connectivity index (χ2n) is 5.15. The summed E-state index contributed by atoms with van der Waals surface area (Å²) in [5, 5.41) is 48.1. The van der Waals surface area contributed by atoms with Crippen LogP contribution in [0, 0.1) is 0 Å². The average molecular weight is 341 g/mol. The summed E-state index contributed by atoms with van der Waals surface area (Å²) >= 11 is 0. The largest absolute Gasteiger partial charge is 0.480 e. The number of hydrogen-bond acceptors (Lipinski definition) is 7. The van der Waals surface area contributed by atoms with E-state index < -0.39 is 48.6 Å². The highest BCUT2D eigenvalue weighted by atomic mass is 16.4. The predicted octanol–water partition coefficient (Wildman–Crippen LogP) is -1.99. The Morgan fingerprint density at radius 2 is 1.50 bits per heavy atom. The van der Waals surface area contributed by atoms with E-state index in [2.05, 4.69) is 5.32 Å². The number of carboxylic acid groups (broad SMARTS) is 2. The number of rotatable bonds is 10. The highest BCUT2D eigenvalue weighted by Crippen LogP contribution is 2.05. The van der Waals surface area contributed by atoms with Crippen LogP contribution >= 0.6 is 0 Å². The molecule has 9 heteroatoms. The highest BCUT2D eigenvalue weighted by molar-refractivity contribution is 5.87. The molecule has 0 fully saturated rings. The van der Waals surface area contributed by atoms with Crippen LogP contribution in [0.25, 0.3) is 0 Å². The van der Waals surface area contributed by atoms with Gasteiger partial charge in [-0.1, -0.05) is 30.3 Å². The normalized spacial score (nSPS) is 16.0. The number of carboxylic acids is 2. The van der Waals surface area contributed by atoms with Gasteiger partial charge in [0.2, 0.25) is 0 Å². The summed E-state index contributed by atoms with van der Waals surface area (Å²) in [4.78, 5) is 33.4. The van der Waals surface area contributed by atoms with Crippen molar-refractivity contribution in [2.75, 3.05) is 6.54 Å². The zero-order valence-electron chi connectivity index (χ0n) is 12.6. The van der Waals surface area contributed by atoms with E-state index in [0.29, 0.717) is 5.56 Å². The lowest BCUT2D eigenvalue weighted by molar-refractivity contribution is -0.160. The molecule has 0 saturated heterocycles. The number of Topliss-reactive ketones (excluding diaryl/α,β-unsaturated/α-hetero) is 1. The van der Waals surface area contributed by atoms with Crippen molar-refractivity contribution in [2.45, 2.75) is 30.8 Å². The van der Waals surface area contributed by atoms with Crippen molar-refractivity contribution < 1.29 is 39.9 Å². The fraction of sp³-hybridized carbons (Fsp3) is 0.400. The van der Waals surface area contributed by atoms with E-state index in [4.69, 9.17) is 15.3 Å². The predicted molar refractivity (Wildman–Crippen MR) is 80.2 cm³/mol. The maximum Gasteiger partial charge on any atom is 0.335 e. The number of ketones is 1. The Labute approximate surface area is 137 Å². The van der Waals surface area contributed by atoms with Crippen LogP contribution in [-0.4, -0.2) is 74.2 Å². The molecule has 0 aliphatic carbocycles. The van der Waals surface area contributed by atoms with Gasteiger partial charge in [0.05, 0.1) is 6.54 Å². The van der Waals surface area contributed by atoms with Crippen LogP contribution in [0.2, 0.25) is 0 Å². The van der Waals surface area contributed by atoms with Gasteiger partial charge in [-0.25, -0.2) is 4.79 Å². The number of carbonyl (C=O) groups is 3. The molecule has 0 amide bonds. The van der Waals surface area contributed by atoms with E-state index in [9.17, 15) is 24.6 Å². The molecule has 0 heterocycles. The lowest BCUT2D eigenvalue weighted by Gasteiger charge is -2.20. The minimum atomic E-state index is -2.33. The first-order valence-electron chi connectivity index (χ1n) is 7.04. The number of nitrogens with one attached hydrogen (secondary N) is 1. The summed E-state index contributed by atoms with van der Waals surface area (Å²) in [6, 6.07) is 7.52. The minimum Gasteiger partial charge on any atom is -0.480 e. The molecule has 0 aliphatic rings. The number of benzene rings is 1. The van der Waals surface area contributed by atoms with Crippen LogP contribution in [-0.2, 0) is 20.8 Å². The Morgan fingerprint density at radius 1 is 0.917 bits per heavy atom. The van der Waals surface area contributed by atoms with Crippen molar-refractivity contribution in [3.63, 3.8) is 0 Å². The van der Waals surface area contributed by atoms with E-state index in [0.717, 1.165) is 0 Å². The van der Waals surface area contributed by atoms with E-state index in [-0.39, 0.29) is 6.42 Å². The van der Waals surface area contributed by atoms with E-state index in [1.165, 1.54) is 0 Å². The standard InChI is InChI=1S/C15H19NO8/c17-10(11(18)12(19)13(20)15(23)24)7-16-9(14(21)22)6-8-4-2-1-3-5-8/h1-5,9,11-13,16,18-20H,6-7H2,(H,21,22)(H,23,24)/t9-,11-,12+,13+/m1/s1. The van der Waals surface area contributed by atoms with Crippen LogP contribution in [0.4, 0.5) is 0 Å². The van der Waals surface area contributed by atoms with Gasteiger partial charge < -0.3 is 25.5 Å². The van der Waals surface area contributed by atoms with Crippen molar-refractivity contribution in [3.05, 3.63) is 35.9 Å². The summed E-state index contributed by atoms with van der Waals surface area (Å²) in [7, 11) is 0. The molecule has 1 rings (SSSR count). The Kier molecular flexibility index (Phi) is 7.46. The zero-order valence-corrected chi connectivity index (χ0v) is 12.6. The summed E-state index contributed by atoms with van der Waals surface area (Å²) in [5.74, 6) is -4.05. The Bertz CT molecular complexity index is 576. The monoisotopic (exact) mass is 341 g/mol. The van der Waals surface area contributed by atoms with Gasteiger partial charge >= 0.3 is 11.9 Å². The first kappa shape index (κ1) is 19.7. The number of hydrogen-bond donors (Lipinski definition) is 6. The molecule has 9 nitrogen and oxygen atoms in total. The fourth-order valence-corrected chi connectivity index (χ4v) is 1.93. The van der Waals surface area contributed by atoms with E-state index in [1.807, 2.05) is 0 Å².